The molecule has 102 valence electrons. The molecule has 0 saturated carbocycles. The maximum absolute atomic E-state index is 9.99. The van der Waals surface area contributed by atoms with Gasteiger partial charge < -0.3 is 10.0 Å². The number of piperidine rings is 1. The fourth-order valence-electron chi connectivity index (χ4n) is 2.42. The molecule has 1 aliphatic rings. The summed E-state index contributed by atoms with van der Waals surface area (Å²) in [4.78, 5) is 2.44. The number of aliphatic hydroxyl groups is 1. The van der Waals surface area contributed by atoms with Gasteiger partial charge in [0, 0.05) is 18.8 Å². The molecule has 0 spiro atoms. The van der Waals surface area contributed by atoms with Gasteiger partial charge >= 0.3 is 0 Å². The lowest BCUT2D eigenvalue weighted by Gasteiger charge is -2.29. The van der Waals surface area contributed by atoms with E-state index in [9.17, 15) is 5.11 Å². The van der Waals surface area contributed by atoms with E-state index >= 15 is 0 Å². The maximum Gasteiger partial charge on any atom is 0.0812 e. The van der Waals surface area contributed by atoms with Gasteiger partial charge in [-0.05, 0) is 42.9 Å². The molecule has 1 fully saturated rings. The zero-order valence-corrected chi connectivity index (χ0v) is 12.1. The third kappa shape index (κ3) is 3.63. The van der Waals surface area contributed by atoms with Crippen molar-refractivity contribution in [3.63, 3.8) is 0 Å². The predicted octanol–water partition coefficient (Wildman–Crippen LogP) is 3.79. The van der Waals surface area contributed by atoms with Gasteiger partial charge in [-0.1, -0.05) is 26.0 Å². The Kier molecular flexibility index (Phi) is 5.97. The second-order valence-corrected chi connectivity index (χ2v) is 5.33. The molecule has 0 amide bonds. The van der Waals surface area contributed by atoms with E-state index in [0.29, 0.717) is 0 Å². The van der Waals surface area contributed by atoms with Gasteiger partial charge in [0.15, 0.2) is 0 Å². The Morgan fingerprint density at radius 2 is 1.56 bits per heavy atom. The molecule has 3 heteroatoms. The molecule has 0 bridgehead atoms. The van der Waals surface area contributed by atoms with Crippen LogP contribution in [0, 0.1) is 5.92 Å². The van der Waals surface area contributed by atoms with Crippen LogP contribution in [0.1, 0.15) is 44.8 Å². The minimum absolute atomic E-state index is 0. The number of hydrogen-bond acceptors (Lipinski definition) is 2. The fraction of sp³-hybridized carbons (Fsp3) is 0.600. The van der Waals surface area contributed by atoms with E-state index < -0.39 is 0 Å². The predicted molar refractivity (Wildman–Crippen MR) is 79.6 cm³/mol. The fourth-order valence-corrected chi connectivity index (χ4v) is 2.42. The Morgan fingerprint density at radius 3 is 2.06 bits per heavy atom. The molecule has 1 atom stereocenters. The van der Waals surface area contributed by atoms with Crippen LogP contribution in [0.3, 0.4) is 0 Å². The lowest BCUT2D eigenvalue weighted by atomic mass is 9.99. The van der Waals surface area contributed by atoms with Gasteiger partial charge in [0.25, 0.3) is 0 Å². The minimum atomic E-state index is -0.342. The van der Waals surface area contributed by atoms with E-state index in [4.69, 9.17) is 0 Å². The molecule has 0 radical (unpaired) electrons. The molecule has 1 saturated heterocycles. The van der Waals surface area contributed by atoms with E-state index in [1.165, 1.54) is 38.0 Å². The Labute approximate surface area is 116 Å². The highest BCUT2D eigenvalue weighted by Gasteiger charge is 2.14. The van der Waals surface area contributed by atoms with Gasteiger partial charge in [-0.15, -0.1) is 12.4 Å². The summed E-state index contributed by atoms with van der Waals surface area (Å²) in [5, 5.41) is 9.99. The van der Waals surface area contributed by atoms with Gasteiger partial charge in [0.2, 0.25) is 0 Å². The zero-order valence-electron chi connectivity index (χ0n) is 11.3. The van der Waals surface area contributed by atoms with Gasteiger partial charge in [0.1, 0.15) is 0 Å². The van der Waals surface area contributed by atoms with Crippen LogP contribution in [0.2, 0.25) is 0 Å². The van der Waals surface area contributed by atoms with Crippen molar-refractivity contribution in [3.8, 4) is 0 Å². The van der Waals surface area contributed by atoms with E-state index in [-0.39, 0.29) is 24.4 Å². The number of rotatable bonds is 3. The molecular formula is C15H24ClNO. The molecule has 2 nitrogen and oxygen atoms in total. The molecule has 2 rings (SSSR count). The molecule has 1 aromatic rings. The number of anilines is 1. The third-order valence-corrected chi connectivity index (χ3v) is 3.59. The molecule has 18 heavy (non-hydrogen) atoms. The van der Waals surface area contributed by atoms with Crippen LogP contribution < -0.4 is 4.90 Å². The maximum atomic E-state index is 9.99. The van der Waals surface area contributed by atoms with Crippen LogP contribution in [0.4, 0.5) is 5.69 Å². The van der Waals surface area contributed by atoms with Gasteiger partial charge in [0.05, 0.1) is 6.10 Å². The average molecular weight is 270 g/mol. The molecule has 0 aromatic heterocycles. The summed E-state index contributed by atoms with van der Waals surface area (Å²) in [6.45, 7) is 6.44. The first-order valence-electron chi connectivity index (χ1n) is 6.71. The first-order chi connectivity index (χ1) is 8.18. The highest BCUT2D eigenvalue weighted by atomic mass is 35.5. The summed E-state index contributed by atoms with van der Waals surface area (Å²) in [5.41, 5.74) is 2.32. The standard InChI is InChI=1S/C15H23NO.ClH/c1-12(2)15(17)13-6-8-14(9-7-13)16-10-4-3-5-11-16;/h6-9,12,15,17H,3-5,10-11H2,1-2H3;1H. The quantitative estimate of drug-likeness (QED) is 0.903. The van der Waals surface area contributed by atoms with E-state index in [1.54, 1.807) is 0 Å². The van der Waals surface area contributed by atoms with Gasteiger partial charge in [-0.2, -0.15) is 0 Å². The molecule has 0 aliphatic carbocycles. The van der Waals surface area contributed by atoms with Gasteiger partial charge in [-0.25, -0.2) is 0 Å². The van der Waals surface area contributed by atoms with Crippen molar-refractivity contribution in [1.82, 2.24) is 0 Å². The summed E-state index contributed by atoms with van der Waals surface area (Å²) in [7, 11) is 0. The third-order valence-electron chi connectivity index (χ3n) is 3.59. The number of benzene rings is 1. The van der Waals surface area contributed by atoms with Crippen LogP contribution >= 0.6 is 12.4 Å². The number of aliphatic hydroxyl groups excluding tert-OH is 1. The second kappa shape index (κ2) is 7.01. The normalized spacial score (nSPS) is 17.4. The molecule has 1 unspecified atom stereocenters. The average Bonchev–Trinajstić information content (AvgIpc) is 2.39. The van der Waals surface area contributed by atoms with Crippen molar-refractivity contribution in [2.24, 2.45) is 5.92 Å². The summed E-state index contributed by atoms with van der Waals surface area (Å²) >= 11 is 0. The van der Waals surface area contributed by atoms with E-state index in [1.807, 2.05) is 13.8 Å². The van der Waals surface area contributed by atoms with Crippen molar-refractivity contribution in [2.45, 2.75) is 39.2 Å². The topological polar surface area (TPSA) is 23.5 Å². The SMILES string of the molecule is CC(C)C(O)c1ccc(N2CCCCC2)cc1.Cl. The molecule has 1 heterocycles. The molecule has 1 N–H and O–H groups in total. The smallest absolute Gasteiger partial charge is 0.0812 e. The van der Waals surface area contributed by atoms with Crippen molar-refractivity contribution >= 4 is 18.1 Å². The summed E-state index contributed by atoms with van der Waals surface area (Å²) in [6.07, 6.45) is 3.62. The summed E-state index contributed by atoms with van der Waals surface area (Å²) < 4.78 is 0. The van der Waals surface area contributed by atoms with E-state index in [2.05, 4.69) is 29.2 Å². The molecule has 1 aromatic carbocycles. The van der Waals surface area contributed by atoms with Crippen LogP contribution in [0.15, 0.2) is 24.3 Å². The van der Waals surface area contributed by atoms with Crippen LogP contribution in [-0.2, 0) is 0 Å². The highest BCUT2D eigenvalue weighted by molar-refractivity contribution is 5.85. The highest BCUT2D eigenvalue weighted by Crippen LogP contribution is 2.25. The van der Waals surface area contributed by atoms with Gasteiger partial charge in [-0.3, -0.25) is 0 Å². The largest absolute Gasteiger partial charge is 0.388 e. The van der Waals surface area contributed by atoms with Crippen LogP contribution in [0.25, 0.3) is 0 Å². The molecular weight excluding hydrogens is 246 g/mol. The Bertz CT molecular complexity index is 344. The number of halogens is 1. The number of nitrogens with zero attached hydrogens (tertiary/aromatic N) is 1. The van der Waals surface area contributed by atoms with Crippen LogP contribution in [0.5, 0.6) is 0 Å². The Balaban J connectivity index is 0.00000162. The summed E-state index contributed by atoms with van der Waals surface area (Å²) in [6, 6.07) is 8.42. The van der Waals surface area contributed by atoms with Crippen molar-refractivity contribution < 1.29 is 5.11 Å². The molecule has 1 aliphatic heterocycles. The van der Waals surface area contributed by atoms with Crippen molar-refractivity contribution in [3.05, 3.63) is 29.8 Å². The van der Waals surface area contributed by atoms with E-state index in [0.717, 1.165) is 5.56 Å². The minimum Gasteiger partial charge on any atom is -0.388 e. The zero-order chi connectivity index (χ0) is 12.3. The van der Waals surface area contributed by atoms with Crippen molar-refractivity contribution in [1.29, 1.82) is 0 Å². The lowest BCUT2D eigenvalue weighted by molar-refractivity contribution is 0.127. The first-order valence-corrected chi connectivity index (χ1v) is 6.71. The second-order valence-electron chi connectivity index (χ2n) is 5.33. The first kappa shape index (κ1) is 15.3. The van der Waals surface area contributed by atoms with Crippen LogP contribution in [-0.4, -0.2) is 18.2 Å². The lowest BCUT2D eigenvalue weighted by Crippen LogP contribution is -2.29. The number of hydrogen-bond donors (Lipinski definition) is 1. The Hall–Kier alpha value is -0.730. The Morgan fingerprint density at radius 1 is 1.00 bits per heavy atom. The van der Waals surface area contributed by atoms with Crippen molar-refractivity contribution in [2.75, 3.05) is 18.0 Å². The summed E-state index contributed by atoms with van der Waals surface area (Å²) in [5.74, 6) is 0.274. The monoisotopic (exact) mass is 269 g/mol.